The first kappa shape index (κ1) is 32.7. The monoisotopic (exact) mass is 612 g/mol. The van der Waals surface area contributed by atoms with Gasteiger partial charge in [0.15, 0.2) is 10.6 Å². The van der Waals surface area contributed by atoms with E-state index in [-0.39, 0.29) is 34.3 Å². The topological polar surface area (TPSA) is 34.1 Å². The van der Waals surface area contributed by atoms with E-state index in [1.165, 1.54) is 36.4 Å². The van der Waals surface area contributed by atoms with Crippen molar-refractivity contribution in [2.45, 2.75) is 31.0 Å². The van der Waals surface area contributed by atoms with Crippen LogP contribution >= 0.6 is 0 Å². The molecule has 0 heterocycles. The van der Waals surface area contributed by atoms with Gasteiger partial charge in [-0.3, -0.25) is 4.79 Å². The highest BCUT2D eigenvalue weighted by Crippen LogP contribution is 2.36. The number of ketones is 1. The smallest absolute Gasteiger partial charge is 0.212 e. The van der Waals surface area contributed by atoms with Gasteiger partial charge < -0.3 is 0 Å². The Morgan fingerprint density at radius 1 is 0.591 bits per heavy atom. The quantitative estimate of drug-likeness (QED) is 0.109. The number of hydrogen-bond donors (Lipinski definition) is 0. The number of Topliss-reactive ketones (excluding diaryl/α,β-unsaturated/α-hetero) is 1. The Morgan fingerprint density at radius 2 is 0.932 bits per heavy atom. The summed E-state index contributed by atoms with van der Waals surface area (Å²) in [7, 11) is -2.31. The summed E-state index contributed by atoms with van der Waals surface area (Å²) < 4.78 is 53.3. The number of halogens is 3. The molecule has 1 atom stereocenters. The summed E-state index contributed by atoms with van der Waals surface area (Å²) in [6, 6.07) is 37.4. The van der Waals surface area contributed by atoms with E-state index in [4.69, 9.17) is 0 Å². The van der Waals surface area contributed by atoms with Gasteiger partial charge in [0, 0.05) is 5.56 Å². The molecule has 0 fully saturated rings. The van der Waals surface area contributed by atoms with Crippen LogP contribution in [0.25, 0.3) is 0 Å². The Balaban J connectivity index is 0.000000215. The van der Waals surface area contributed by atoms with Crippen LogP contribution in [0.2, 0.25) is 5.31 Å². The predicted molar refractivity (Wildman–Crippen MR) is 178 cm³/mol. The SMILES string of the molecule is CC(C)(C)[B-](c1ccc(F)cc1)(c1ccc(F)cc1)c1ccc(F)cc1.C[S+](=O)(CC(=O)c1ccccc1)c1ccccc1. The molecule has 44 heavy (non-hydrogen) atoms. The van der Waals surface area contributed by atoms with E-state index in [1.54, 1.807) is 66.9 Å². The van der Waals surface area contributed by atoms with Crippen LogP contribution in [-0.4, -0.2) is 23.9 Å². The molecule has 0 N–H and O–H groups in total. The Bertz CT molecular complexity index is 1610. The second-order valence-corrected chi connectivity index (χ2v) is 14.9. The Kier molecular flexibility index (Phi) is 10.1. The van der Waals surface area contributed by atoms with Crippen molar-refractivity contribution in [2.24, 2.45) is 0 Å². The van der Waals surface area contributed by atoms with Crippen LogP contribution in [0.4, 0.5) is 13.2 Å². The van der Waals surface area contributed by atoms with Crippen molar-refractivity contribution in [3.8, 4) is 0 Å². The zero-order chi connectivity index (χ0) is 32.0. The van der Waals surface area contributed by atoms with E-state index in [0.717, 1.165) is 21.3 Å². The largest absolute Gasteiger partial charge is 0.289 e. The first-order valence-electron chi connectivity index (χ1n) is 14.4. The number of hydrogen-bond acceptors (Lipinski definition) is 2. The molecule has 0 amide bonds. The van der Waals surface area contributed by atoms with Crippen LogP contribution < -0.4 is 16.4 Å². The molecule has 7 heteroatoms. The van der Waals surface area contributed by atoms with Gasteiger partial charge in [-0.2, -0.15) is 16.4 Å². The van der Waals surface area contributed by atoms with E-state index in [9.17, 15) is 22.2 Å². The first-order chi connectivity index (χ1) is 20.8. The normalized spacial score (nSPS) is 12.9. The molecule has 5 aromatic rings. The summed E-state index contributed by atoms with van der Waals surface area (Å²) in [5.41, 5.74) is 3.40. The molecule has 0 saturated heterocycles. The third-order valence-corrected chi connectivity index (χ3v) is 10.2. The van der Waals surface area contributed by atoms with Crippen LogP contribution in [0.5, 0.6) is 0 Å². The van der Waals surface area contributed by atoms with Gasteiger partial charge in [0.05, 0.1) is 6.15 Å². The van der Waals surface area contributed by atoms with Crippen LogP contribution in [0.1, 0.15) is 31.1 Å². The molecule has 0 aliphatic rings. The molecular weight excluding hydrogens is 576 g/mol. The minimum atomic E-state index is -2.31. The van der Waals surface area contributed by atoms with Crippen molar-refractivity contribution in [3.63, 3.8) is 0 Å². The molecule has 226 valence electrons. The lowest BCUT2D eigenvalue weighted by Crippen LogP contribution is -2.72. The summed E-state index contributed by atoms with van der Waals surface area (Å²) in [5.74, 6) is -0.963. The minimum absolute atomic E-state index is 0.0566. The second kappa shape index (κ2) is 13.6. The lowest BCUT2D eigenvalue weighted by atomic mass is 9.07. The molecule has 0 bridgehead atoms. The lowest BCUT2D eigenvalue weighted by molar-refractivity contribution is 0.102. The van der Waals surface area contributed by atoms with Gasteiger partial charge in [-0.05, 0) is 48.5 Å². The van der Waals surface area contributed by atoms with Gasteiger partial charge in [-0.25, -0.2) is 13.2 Å². The van der Waals surface area contributed by atoms with Crippen LogP contribution in [-0.2, 0) is 14.1 Å². The molecule has 0 aliphatic heterocycles. The number of benzene rings is 5. The molecule has 0 aromatic heterocycles. The summed E-state index contributed by atoms with van der Waals surface area (Å²) in [6.07, 6.45) is 0.0412. The summed E-state index contributed by atoms with van der Waals surface area (Å²) in [6.45, 7) is 6.30. The molecular formula is C37H36BF3O2S. The van der Waals surface area contributed by atoms with Gasteiger partial charge >= 0.3 is 0 Å². The number of carbonyl (C=O) groups excluding carboxylic acids is 1. The molecule has 0 radical (unpaired) electrons. The van der Waals surface area contributed by atoms with Crippen molar-refractivity contribution >= 4 is 38.3 Å². The molecule has 5 aromatic carbocycles. The molecule has 0 saturated carbocycles. The van der Waals surface area contributed by atoms with E-state index in [0.29, 0.717) is 5.56 Å². The van der Waals surface area contributed by atoms with Crippen LogP contribution in [0.3, 0.4) is 0 Å². The Hall–Kier alpha value is -4.23. The highest BCUT2D eigenvalue weighted by molar-refractivity contribution is 8.03. The van der Waals surface area contributed by atoms with Crippen molar-refractivity contribution in [2.75, 3.05) is 12.0 Å². The van der Waals surface area contributed by atoms with Crippen molar-refractivity contribution < 1.29 is 22.2 Å². The molecule has 0 aliphatic carbocycles. The molecule has 0 spiro atoms. The van der Waals surface area contributed by atoms with E-state index in [2.05, 4.69) is 20.8 Å². The van der Waals surface area contributed by atoms with Gasteiger partial charge in [-0.15, -0.1) is 5.31 Å². The molecule has 1 unspecified atom stereocenters. The van der Waals surface area contributed by atoms with E-state index >= 15 is 0 Å². The Labute approximate surface area is 259 Å². The lowest BCUT2D eigenvalue weighted by Gasteiger charge is -2.54. The fourth-order valence-corrected chi connectivity index (χ4v) is 7.65. The maximum absolute atomic E-state index is 13.6. The van der Waals surface area contributed by atoms with Gasteiger partial charge in [0.2, 0.25) is 5.78 Å². The molecule has 2 nitrogen and oxygen atoms in total. The van der Waals surface area contributed by atoms with Crippen LogP contribution in [0.15, 0.2) is 138 Å². The van der Waals surface area contributed by atoms with Gasteiger partial charge in [0.25, 0.3) is 0 Å². The minimum Gasteiger partial charge on any atom is -0.289 e. The highest BCUT2D eigenvalue weighted by Gasteiger charge is 2.40. The van der Waals surface area contributed by atoms with E-state index < -0.39 is 16.1 Å². The summed E-state index contributed by atoms with van der Waals surface area (Å²) in [5, 5.41) is -0.298. The third-order valence-electron chi connectivity index (χ3n) is 8.15. The van der Waals surface area contributed by atoms with Gasteiger partial charge in [-0.1, -0.05) is 110 Å². The third kappa shape index (κ3) is 7.28. The summed E-state index contributed by atoms with van der Waals surface area (Å²) >= 11 is 0. The van der Waals surface area contributed by atoms with Crippen molar-refractivity contribution in [1.29, 1.82) is 0 Å². The van der Waals surface area contributed by atoms with Crippen molar-refractivity contribution in [3.05, 3.63) is 156 Å². The van der Waals surface area contributed by atoms with Crippen molar-refractivity contribution in [1.82, 2.24) is 0 Å². The zero-order valence-electron chi connectivity index (χ0n) is 25.3. The average Bonchev–Trinajstić information content (AvgIpc) is 3.00. The van der Waals surface area contributed by atoms with Gasteiger partial charge in [0.1, 0.15) is 33.6 Å². The fraction of sp³-hybridized carbons (Fsp3) is 0.162. The standard InChI is InChI=1S/C22H21BF3.C15H15O2S/c1-22(2,3)23(16-4-10-19(24)11-5-16,17-6-12-20(25)13-7-17)18-8-14-21(26)15-9-18;1-18(17,14-10-6-3-7-11-14)12-15(16)13-8-4-2-5-9-13/h4-15H,1-3H3;2-11H,12H2,1H3/q-1;+1. The second-order valence-electron chi connectivity index (χ2n) is 12.1. The van der Waals surface area contributed by atoms with Crippen LogP contribution in [0, 0.1) is 17.5 Å². The van der Waals surface area contributed by atoms with E-state index in [1.807, 2.05) is 36.4 Å². The maximum Gasteiger partial charge on any atom is 0.212 e. The maximum atomic E-state index is 13.6. The zero-order valence-corrected chi connectivity index (χ0v) is 26.2. The summed E-state index contributed by atoms with van der Waals surface area (Å²) in [4.78, 5) is 12.8. The average molecular weight is 613 g/mol. The Morgan fingerprint density at radius 3 is 1.27 bits per heavy atom. The fourth-order valence-electron chi connectivity index (χ4n) is 6.08. The molecule has 5 rings (SSSR count). The number of rotatable bonds is 7. The highest BCUT2D eigenvalue weighted by atomic mass is 32.2. The number of carbonyl (C=O) groups is 1. The predicted octanol–water partition coefficient (Wildman–Crippen LogP) is 7.43. The first-order valence-corrected chi connectivity index (χ1v) is 16.5.